The molecule has 0 N–H and O–H groups in total. The molecule has 4 nitrogen and oxygen atoms in total. The minimum absolute atomic E-state index is 0.351. The fraction of sp³-hybridized carbons (Fsp3) is 0.238. The molecule has 0 radical (unpaired) electrons. The molecule has 0 bridgehead atoms. The number of carbonyl (C=O) groups is 1. The topological polar surface area (TPSA) is 48.4 Å². The minimum atomic E-state index is -0.351. The second-order valence-electron chi connectivity index (χ2n) is 5.89. The smallest absolute Gasteiger partial charge is 0.339 e. The molecule has 3 aromatic rings. The lowest BCUT2D eigenvalue weighted by Crippen LogP contribution is -2.05. The van der Waals surface area contributed by atoms with Gasteiger partial charge in [0.05, 0.1) is 24.3 Å². The summed E-state index contributed by atoms with van der Waals surface area (Å²) in [4.78, 5) is 16.1. The van der Waals surface area contributed by atoms with Gasteiger partial charge < -0.3 is 9.47 Å². The molecule has 4 heteroatoms. The number of hydrogen-bond donors (Lipinski definition) is 0. The van der Waals surface area contributed by atoms with Crippen molar-refractivity contribution in [3.63, 3.8) is 0 Å². The number of benzene rings is 2. The summed E-state index contributed by atoms with van der Waals surface area (Å²) in [5, 5.41) is 0.886. The van der Waals surface area contributed by atoms with Crippen molar-refractivity contribution in [2.24, 2.45) is 0 Å². The first-order valence-electron chi connectivity index (χ1n) is 8.41. The zero-order chi connectivity index (χ0) is 17.6. The van der Waals surface area contributed by atoms with Crippen molar-refractivity contribution in [1.29, 1.82) is 0 Å². The number of carbonyl (C=O) groups excluding carboxylic acids is 1. The normalized spacial score (nSPS) is 10.6. The van der Waals surface area contributed by atoms with Crippen LogP contribution in [0.5, 0.6) is 5.75 Å². The van der Waals surface area contributed by atoms with Gasteiger partial charge in [0.2, 0.25) is 0 Å². The van der Waals surface area contributed by atoms with Crippen LogP contribution in [-0.2, 0) is 11.2 Å². The van der Waals surface area contributed by atoms with E-state index in [-0.39, 0.29) is 5.97 Å². The zero-order valence-electron chi connectivity index (χ0n) is 14.5. The van der Waals surface area contributed by atoms with E-state index in [4.69, 9.17) is 9.47 Å². The summed E-state index contributed by atoms with van der Waals surface area (Å²) < 4.78 is 10.8. The summed E-state index contributed by atoms with van der Waals surface area (Å²) in [6.45, 7) is 4.83. The van der Waals surface area contributed by atoms with Crippen molar-refractivity contribution in [1.82, 2.24) is 4.98 Å². The predicted octanol–water partition coefficient (Wildman–Crippen LogP) is 4.34. The average Bonchev–Trinajstić information content (AvgIpc) is 2.61. The van der Waals surface area contributed by atoms with Gasteiger partial charge in [0.15, 0.2) is 0 Å². The molecule has 0 aliphatic heterocycles. The molecular weight excluding hydrogens is 314 g/mol. The molecule has 0 atom stereocenters. The largest absolute Gasteiger partial charge is 0.493 e. The Bertz CT molecular complexity index is 889. The van der Waals surface area contributed by atoms with Crippen molar-refractivity contribution in [2.45, 2.75) is 20.3 Å². The predicted molar refractivity (Wildman–Crippen MR) is 98.1 cm³/mol. The summed E-state index contributed by atoms with van der Waals surface area (Å²) in [5.41, 5.74) is 3.77. The lowest BCUT2D eigenvalue weighted by Gasteiger charge is -2.08. The van der Waals surface area contributed by atoms with E-state index >= 15 is 0 Å². The summed E-state index contributed by atoms with van der Waals surface area (Å²) in [6, 6.07) is 15.9. The van der Waals surface area contributed by atoms with E-state index in [1.165, 1.54) is 17.3 Å². The van der Waals surface area contributed by atoms with Crippen LogP contribution >= 0.6 is 0 Å². The van der Waals surface area contributed by atoms with Gasteiger partial charge in [-0.15, -0.1) is 0 Å². The van der Waals surface area contributed by atoms with E-state index in [1.807, 2.05) is 18.2 Å². The van der Waals surface area contributed by atoms with Crippen LogP contribution in [0.25, 0.3) is 10.9 Å². The van der Waals surface area contributed by atoms with E-state index in [0.717, 1.165) is 23.1 Å². The minimum Gasteiger partial charge on any atom is -0.493 e. The molecule has 0 amide bonds. The Morgan fingerprint density at radius 3 is 2.80 bits per heavy atom. The van der Waals surface area contributed by atoms with Gasteiger partial charge >= 0.3 is 5.97 Å². The first-order valence-corrected chi connectivity index (χ1v) is 8.41. The van der Waals surface area contributed by atoms with Gasteiger partial charge in [0.1, 0.15) is 5.75 Å². The Kier molecular flexibility index (Phi) is 5.29. The van der Waals surface area contributed by atoms with E-state index in [9.17, 15) is 4.79 Å². The molecule has 0 aliphatic carbocycles. The van der Waals surface area contributed by atoms with E-state index in [1.54, 1.807) is 13.0 Å². The number of esters is 1. The Morgan fingerprint density at radius 1 is 1.12 bits per heavy atom. The third kappa shape index (κ3) is 4.35. The summed E-state index contributed by atoms with van der Waals surface area (Å²) in [7, 11) is 0. The lowest BCUT2D eigenvalue weighted by atomic mass is 10.1. The molecular formula is C21H21NO3. The van der Waals surface area contributed by atoms with E-state index < -0.39 is 0 Å². The molecule has 1 heterocycles. The van der Waals surface area contributed by atoms with Gasteiger partial charge in [0.25, 0.3) is 0 Å². The van der Waals surface area contributed by atoms with Crippen LogP contribution in [0.4, 0.5) is 0 Å². The summed E-state index contributed by atoms with van der Waals surface area (Å²) in [6.07, 6.45) is 2.39. The van der Waals surface area contributed by atoms with Crippen LogP contribution < -0.4 is 4.74 Å². The SMILES string of the molecule is CCOC(=O)c1cnc2cc(OCCc3cccc(C)c3)ccc2c1. The molecule has 0 unspecified atom stereocenters. The molecule has 0 saturated heterocycles. The third-order valence-electron chi connectivity index (χ3n) is 3.91. The van der Waals surface area contributed by atoms with Crippen LogP contribution in [0.2, 0.25) is 0 Å². The number of pyridine rings is 1. The maximum absolute atomic E-state index is 11.8. The molecule has 0 spiro atoms. The first-order chi connectivity index (χ1) is 12.2. The maximum Gasteiger partial charge on any atom is 0.339 e. The number of aromatic nitrogens is 1. The third-order valence-corrected chi connectivity index (χ3v) is 3.91. The first kappa shape index (κ1) is 17.0. The monoisotopic (exact) mass is 335 g/mol. The molecule has 0 fully saturated rings. The maximum atomic E-state index is 11.8. The highest BCUT2D eigenvalue weighted by Gasteiger charge is 2.08. The quantitative estimate of drug-likeness (QED) is 0.629. The molecule has 2 aromatic carbocycles. The number of rotatable bonds is 6. The highest BCUT2D eigenvalue weighted by molar-refractivity contribution is 5.93. The Hall–Kier alpha value is -2.88. The van der Waals surface area contributed by atoms with Gasteiger partial charge in [-0.25, -0.2) is 4.79 Å². The van der Waals surface area contributed by atoms with Gasteiger partial charge in [-0.2, -0.15) is 0 Å². The number of hydrogen-bond acceptors (Lipinski definition) is 4. The molecule has 0 aliphatic rings. The number of fused-ring (bicyclic) bond motifs is 1. The summed E-state index contributed by atoms with van der Waals surface area (Å²) in [5.74, 6) is 0.423. The molecule has 3 rings (SSSR count). The van der Waals surface area contributed by atoms with Crippen molar-refractivity contribution in [2.75, 3.05) is 13.2 Å². The fourth-order valence-corrected chi connectivity index (χ4v) is 2.67. The highest BCUT2D eigenvalue weighted by Crippen LogP contribution is 2.21. The van der Waals surface area contributed by atoms with E-state index in [2.05, 4.69) is 36.2 Å². The molecule has 0 saturated carbocycles. The number of nitrogens with zero attached hydrogens (tertiary/aromatic N) is 1. The molecule has 128 valence electrons. The van der Waals surface area contributed by atoms with Gasteiger partial charge in [-0.3, -0.25) is 4.98 Å². The van der Waals surface area contributed by atoms with Crippen LogP contribution in [0.1, 0.15) is 28.4 Å². The zero-order valence-corrected chi connectivity index (χ0v) is 14.5. The second-order valence-corrected chi connectivity index (χ2v) is 5.89. The van der Waals surface area contributed by atoms with Crippen LogP contribution in [0.3, 0.4) is 0 Å². The highest BCUT2D eigenvalue weighted by atomic mass is 16.5. The average molecular weight is 335 g/mol. The molecule has 25 heavy (non-hydrogen) atoms. The second kappa shape index (κ2) is 7.79. The fourth-order valence-electron chi connectivity index (χ4n) is 2.67. The summed E-state index contributed by atoms with van der Waals surface area (Å²) >= 11 is 0. The van der Waals surface area contributed by atoms with Crippen LogP contribution in [-0.4, -0.2) is 24.2 Å². The van der Waals surface area contributed by atoms with Gasteiger partial charge in [-0.05, 0) is 37.6 Å². The van der Waals surface area contributed by atoms with Crippen molar-refractivity contribution < 1.29 is 14.3 Å². The van der Waals surface area contributed by atoms with Crippen LogP contribution in [0.15, 0.2) is 54.7 Å². The van der Waals surface area contributed by atoms with Crippen LogP contribution in [0, 0.1) is 6.92 Å². The lowest BCUT2D eigenvalue weighted by molar-refractivity contribution is 0.0526. The number of ether oxygens (including phenoxy) is 2. The van der Waals surface area contributed by atoms with Crippen molar-refractivity contribution in [3.05, 3.63) is 71.4 Å². The van der Waals surface area contributed by atoms with E-state index in [0.29, 0.717) is 18.8 Å². The number of aryl methyl sites for hydroxylation is 1. The van der Waals surface area contributed by atoms with Gasteiger partial charge in [-0.1, -0.05) is 29.8 Å². The van der Waals surface area contributed by atoms with Gasteiger partial charge in [0, 0.05) is 24.1 Å². The Balaban J connectivity index is 1.67. The Labute approximate surface area is 147 Å². The molecule has 1 aromatic heterocycles. The van der Waals surface area contributed by atoms with Crippen molar-refractivity contribution in [3.8, 4) is 5.75 Å². The van der Waals surface area contributed by atoms with Crippen molar-refractivity contribution >= 4 is 16.9 Å². The Morgan fingerprint density at radius 2 is 2.00 bits per heavy atom. The standard InChI is InChI=1S/C21H21NO3/c1-3-24-21(23)18-12-17-7-8-19(13-20(17)22-14-18)25-10-9-16-6-4-5-15(2)11-16/h4-8,11-14H,3,9-10H2,1-2H3.